The lowest BCUT2D eigenvalue weighted by atomic mass is 10.2. The van der Waals surface area contributed by atoms with Crippen LogP contribution < -0.4 is 5.56 Å². The number of hydrogen-bond donors (Lipinski definition) is 0. The second kappa shape index (κ2) is 9.54. The Labute approximate surface area is 190 Å². The number of fused-ring (bicyclic) bond motifs is 1. The van der Waals surface area contributed by atoms with Crippen molar-refractivity contribution in [2.24, 2.45) is 0 Å². The summed E-state index contributed by atoms with van der Waals surface area (Å²) in [7, 11) is 1.67. The van der Waals surface area contributed by atoms with Gasteiger partial charge in [-0.3, -0.25) is 14.2 Å². The Hall–Kier alpha value is -3.16. The fourth-order valence-electron chi connectivity index (χ4n) is 3.83. The van der Waals surface area contributed by atoms with Gasteiger partial charge in [-0.25, -0.2) is 4.98 Å². The van der Waals surface area contributed by atoms with E-state index in [4.69, 9.17) is 9.72 Å². The number of nitrogens with zero attached hydrogens (tertiary/aromatic N) is 3. The van der Waals surface area contributed by atoms with Crippen LogP contribution in [-0.4, -0.2) is 39.4 Å². The molecule has 0 radical (unpaired) electrons. The Morgan fingerprint density at radius 3 is 2.53 bits per heavy atom. The third-order valence-corrected chi connectivity index (χ3v) is 6.42. The first-order valence-corrected chi connectivity index (χ1v) is 11.4. The first kappa shape index (κ1) is 22.0. The summed E-state index contributed by atoms with van der Waals surface area (Å²) in [6.07, 6.45) is 0. The van der Waals surface area contributed by atoms with Crippen molar-refractivity contribution in [2.75, 3.05) is 19.5 Å². The number of para-hydroxylation sites is 2. The number of benzene rings is 2. The lowest BCUT2D eigenvalue weighted by Gasteiger charge is -2.13. The third kappa shape index (κ3) is 4.26. The first-order chi connectivity index (χ1) is 15.5. The van der Waals surface area contributed by atoms with E-state index in [2.05, 4.69) is 4.57 Å². The van der Waals surface area contributed by atoms with Gasteiger partial charge in [-0.2, -0.15) is 0 Å². The van der Waals surface area contributed by atoms with E-state index in [0.717, 1.165) is 17.1 Å². The van der Waals surface area contributed by atoms with Gasteiger partial charge in [0.25, 0.3) is 5.56 Å². The predicted octanol–water partition coefficient (Wildman–Crippen LogP) is 4.43. The van der Waals surface area contributed by atoms with Crippen LogP contribution >= 0.6 is 11.8 Å². The molecule has 0 amide bonds. The zero-order valence-electron chi connectivity index (χ0n) is 18.4. The van der Waals surface area contributed by atoms with E-state index < -0.39 is 0 Å². The van der Waals surface area contributed by atoms with Crippen LogP contribution in [0.5, 0.6) is 0 Å². The molecule has 0 aliphatic heterocycles. The number of carbonyl (C=O) groups excluding carboxylic acids is 1. The van der Waals surface area contributed by atoms with Crippen molar-refractivity contribution >= 4 is 28.4 Å². The van der Waals surface area contributed by atoms with Crippen LogP contribution in [0.3, 0.4) is 0 Å². The molecule has 2 heterocycles. The predicted molar refractivity (Wildman–Crippen MR) is 128 cm³/mol. The van der Waals surface area contributed by atoms with E-state index in [1.165, 1.54) is 11.8 Å². The quantitative estimate of drug-likeness (QED) is 0.227. The van der Waals surface area contributed by atoms with Crippen LogP contribution in [0.25, 0.3) is 16.6 Å². The second-order valence-electron chi connectivity index (χ2n) is 7.53. The van der Waals surface area contributed by atoms with Gasteiger partial charge in [0.2, 0.25) is 0 Å². The van der Waals surface area contributed by atoms with Crippen LogP contribution in [0, 0.1) is 13.8 Å². The summed E-state index contributed by atoms with van der Waals surface area (Å²) in [6, 6.07) is 18.6. The van der Waals surface area contributed by atoms with Crippen molar-refractivity contribution < 1.29 is 9.53 Å². The molecule has 7 heteroatoms. The molecule has 4 aromatic rings. The molecular formula is C25H25N3O3S. The molecule has 164 valence electrons. The average Bonchev–Trinajstić information content (AvgIpc) is 3.10. The monoisotopic (exact) mass is 447 g/mol. The van der Waals surface area contributed by atoms with Gasteiger partial charge < -0.3 is 9.30 Å². The molecule has 0 bridgehead atoms. The number of ketones is 1. The lowest BCUT2D eigenvalue weighted by molar-refractivity contribution is 0.102. The van der Waals surface area contributed by atoms with Gasteiger partial charge in [0.1, 0.15) is 0 Å². The topological polar surface area (TPSA) is 66.1 Å². The van der Waals surface area contributed by atoms with Crippen LogP contribution in [0.2, 0.25) is 0 Å². The first-order valence-electron chi connectivity index (χ1n) is 10.4. The number of hydrogen-bond acceptors (Lipinski definition) is 5. The third-order valence-electron chi connectivity index (χ3n) is 5.48. The van der Waals surface area contributed by atoms with Gasteiger partial charge >= 0.3 is 0 Å². The van der Waals surface area contributed by atoms with Crippen molar-refractivity contribution in [1.82, 2.24) is 14.1 Å². The molecule has 4 rings (SSSR count). The summed E-state index contributed by atoms with van der Waals surface area (Å²) in [5, 5.41) is 1.05. The van der Waals surface area contributed by atoms with Gasteiger partial charge in [0.05, 0.1) is 29.0 Å². The van der Waals surface area contributed by atoms with Gasteiger partial charge in [-0.15, -0.1) is 0 Å². The summed E-state index contributed by atoms with van der Waals surface area (Å²) in [4.78, 5) is 31.1. The normalized spacial score (nSPS) is 11.2. The van der Waals surface area contributed by atoms with E-state index >= 15 is 0 Å². The van der Waals surface area contributed by atoms with Gasteiger partial charge in [-0.05, 0) is 44.2 Å². The molecule has 0 N–H and O–H groups in total. The zero-order valence-corrected chi connectivity index (χ0v) is 19.2. The molecule has 0 saturated heterocycles. The summed E-state index contributed by atoms with van der Waals surface area (Å²) in [5.41, 5.74) is 3.85. The molecule has 2 aromatic carbocycles. The molecule has 0 atom stereocenters. The highest BCUT2D eigenvalue weighted by atomic mass is 32.2. The van der Waals surface area contributed by atoms with Gasteiger partial charge in [-0.1, -0.05) is 42.1 Å². The van der Waals surface area contributed by atoms with Crippen LogP contribution in [-0.2, 0) is 11.3 Å². The van der Waals surface area contributed by atoms with Crippen molar-refractivity contribution in [3.05, 3.63) is 88.0 Å². The van der Waals surface area contributed by atoms with E-state index in [1.54, 1.807) is 17.7 Å². The minimum absolute atomic E-state index is 0.00814. The molecular weight excluding hydrogens is 422 g/mol. The Morgan fingerprint density at radius 2 is 1.78 bits per heavy atom. The minimum Gasteiger partial charge on any atom is -0.383 e. The van der Waals surface area contributed by atoms with Crippen LogP contribution in [0.4, 0.5) is 0 Å². The Bertz CT molecular complexity index is 1330. The molecule has 0 unspecified atom stereocenters. The van der Waals surface area contributed by atoms with Crippen LogP contribution in [0.15, 0.2) is 70.6 Å². The van der Waals surface area contributed by atoms with Crippen molar-refractivity contribution in [1.29, 1.82) is 0 Å². The average molecular weight is 448 g/mol. The molecule has 0 spiro atoms. The van der Waals surface area contributed by atoms with Crippen molar-refractivity contribution in [2.45, 2.75) is 25.5 Å². The SMILES string of the molecule is COCCn1c(C)cc(C(=O)CSc2nc3ccccc3c(=O)n2-c2ccccc2)c1C. The maximum Gasteiger partial charge on any atom is 0.266 e. The lowest BCUT2D eigenvalue weighted by Crippen LogP contribution is -2.22. The molecule has 0 saturated carbocycles. The summed E-state index contributed by atoms with van der Waals surface area (Å²) >= 11 is 1.28. The van der Waals surface area contributed by atoms with E-state index in [9.17, 15) is 9.59 Å². The Morgan fingerprint density at radius 1 is 1.06 bits per heavy atom. The fourth-order valence-corrected chi connectivity index (χ4v) is 4.73. The molecule has 0 aliphatic carbocycles. The zero-order chi connectivity index (χ0) is 22.7. The molecule has 2 aromatic heterocycles. The summed E-state index contributed by atoms with van der Waals surface area (Å²) in [6.45, 7) is 5.23. The second-order valence-corrected chi connectivity index (χ2v) is 8.47. The number of thioether (sulfide) groups is 1. The number of methoxy groups -OCH3 is 1. The van der Waals surface area contributed by atoms with E-state index in [1.807, 2.05) is 68.4 Å². The smallest absolute Gasteiger partial charge is 0.266 e. The number of ether oxygens (including phenoxy) is 1. The van der Waals surface area contributed by atoms with E-state index in [-0.39, 0.29) is 17.1 Å². The number of Topliss-reactive ketones (excluding diaryl/α,β-unsaturated/α-hetero) is 1. The summed E-state index contributed by atoms with van der Waals surface area (Å²) < 4.78 is 8.86. The molecule has 32 heavy (non-hydrogen) atoms. The number of carbonyl (C=O) groups is 1. The van der Waals surface area contributed by atoms with Crippen molar-refractivity contribution in [3.63, 3.8) is 0 Å². The molecule has 0 fully saturated rings. The molecule has 6 nitrogen and oxygen atoms in total. The number of aryl methyl sites for hydroxylation is 1. The fraction of sp³-hybridized carbons (Fsp3) is 0.240. The number of rotatable bonds is 8. The highest BCUT2D eigenvalue weighted by Crippen LogP contribution is 2.24. The van der Waals surface area contributed by atoms with Crippen LogP contribution in [0.1, 0.15) is 21.7 Å². The van der Waals surface area contributed by atoms with E-state index in [0.29, 0.717) is 34.8 Å². The largest absolute Gasteiger partial charge is 0.383 e. The van der Waals surface area contributed by atoms with Crippen molar-refractivity contribution in [3.8, 4) is 5.69 Å². The maximum atomic E-state index is 13.3. The standard InChI is InChI=1S/C25H25N3O3S/c1-17-15-21(18(2)27(17)13-14-31-3)23(29)16-32-25-26-22-12-8-7-11-20(22)24(30)28(25)19-9-5-4-6-10-19/h4-12,15H,13-14,16H2,1-3H3. The maximum absolute atomic E-state index is 13.3. The summed E-state index contributed by atoms with van der Waals surface area (Å²) in [5.74, 6) is 0.195. The Kier molecular flexibility index (Phi) is 6.58. The Balaban J connectivity index is 1.68. The van der Waals surface area contributed by atoms with Gasteiger partial charge in [0.15, 0.2) is 10.9 Å². The highest BCUT2D eigenvalue weighted by Gasteiger charge is 2.18. The highest BCUT2D eigenvalue weighted by molar-refractivity contribution is 7.99. The van der Waals surface area contributed by atoms with Gasteiger partial charge in [0, 0.05) is 30.6 Å². The minimum atomic E-state index is -0.144. The number of aromatic nitrogens is 3. The molecule has 0 aliphatic rings.